The summed E-state index contributed by atoms with van der Waals surface area (Å²) in [6.07, 6.45) is 3.76. The van der Waals surface area contributed by atoms with E-state index in [1.165, 1.54) is 11.2 Å². The van der Waals surface area contributed by atoms with Crippen molar-refractivity contribution in [1.82, 2.24) is 9.97 Å². The van der Waals surface area contributed by atoms with Crippen molar-refractivity contribution in [2.75, 3.05) is 5.43 Å². The fraction of sp³-hybridized carbons (Fsp3) is 0.333. The second-order valence-corrected chi connectivity index (χ2v) is 4.16. The molecule has 0 aliphatic rings. The van der Waals surface area contributed by atoms with Gasteiger partial charge in [-0.15, -0.1) is 11.3 Å². The van der Waals surface area contributed by atoms with Crippen LogP contribution in [0.1, 0.15) is 18.2 Å². The Morgan fingerprint density at radius 1 is 1.50 bits per heavy atom. The highest BCUT2D eigenvalue weighted by Gasteiger charge is 2.06. The van der Waals surface area contributed by atoms with Gasteiger partial charge in [0.1, 0.15) is 11.2 Å². The summed E-state index contributed by atoms with van der Waals surface area (Å²) >= 11 is 1.70. The van der Waals surface area contributed by atoms with E-state index in [0.717, 1.165) is 23.1 Å². The Kier molecular flexibility index (Phi) is 2.60. The van der Waals surface area contributed by atoms with Gasteiger partial charge in [-0.3, -0.25) is 0 Å². The number of nitrogens with one attached hydrogen (secondary N) is 1. The zero-order valence-corrected chi connectivity index (χ0v) is 8.77. The van der Waals surface area contributed by atoms with Crippen LogP contribution in [-0.2, 0) is 6.42 Å². The van der Waals surface area contributed by atoms with Crippen molar-refractivity contribution in [2.24, 2.45) is 5.84 Å². The van der Waals surface area contributed by atoms with Gasteiger partial charge in [0.05, 0.1) is 5.39 Å². The zero-order chi connectivity index (χ0) is 9.97. The lowest BCUT2D eigenvalue weighted by Crippen LogP contribution is -2.08. The molecular formula is C9H12N4S. The van der Waals surface area contributed by atoms with E-state index in [4.69, 9.17) is 5.84 Å². The number of nitrogens with two attached hydrogens (primary N) is 1. The predicted octanol–water partition coefficient (Wildman–Crippen LogP) is 1.93. The van der Waals surface area contributed by atoms with Crippen molar-refractivity contribution < 1.29 is 0 Å². The van der Waals surface area contributed by atoms with E-state index in [-0.39, 0.29) is 0 Å². The van der Waals surface area contributed by atoms with Crippen LogP contribution in [0.3, 0.4) is 0 Å². The lowest BCUT2D eigenvalue weighted by atomic mass is 10.2. The summed E-state index contributed by atoms with van der Waals surface area (Å²) in [6, 6.07) is 2.11. The van der Waals surface area contributed by atoms with Crippen LogP contribution in [0.2, 0.25) is 0 Å². The molecule has 0 saturated carbocycles. The average molecular weight is 208 g/mol. The van der Waals surface area contributed by atoms with Gasteiger partial charge in [-0.05, 0) is 12.5 Å². The van der Waals surface area contributed by atoms with E-state index in [9.17, 15) is 0 Å². The summed E-state index contributed by atoms with van der Waals surface area (Å²) in [6.45, 7) is 2.16. The van der Waals surface area contributed by atoms with Gasteiger partial charge in [-0.25, -0.2) is 15.8 Å². The monoisotopic (exact) mass is 208 g/mol. The number of aryl methyl sites for hydroxylation is 1. The number of anilines is 1. The highest BCUT2D eigenvalue weighted by molar-refractivity contribution is 7.18. The first-order chi connectivity index (χ1) is 6.85. The molecule has 0 bridgehead atoms. The number of fused-ring (bicyclic) bond motifs is 1. The van der Waals surface area contributed by atoms with E-state index in [0.29, 0.717) is 5.82 Å². The lowest BCUT2D eigenvalue weighted by Gasteiger charge is -1.97. The molecule has 0 radical (unpaired) electrons. The molecule has 3 N–H and O–H groups in total. The number of thiophene rings is 1. The molecule has 74 valence electrons. The molecule has 0 aromatic carbocycles. The van der Waals surface area contributed by atoms with Gasteiger partial charge in [0, 0.05) is 4.88 Å². The molecule has 0 amide bonds. The van der Waals surface area contributed by atoms with E-state index in [2.05, 4.69) is 28.4 Å². The summed E-state index contributed by atoms with van der Waals surface area (Å²) in [5.41, 5.74) is 2.58. The first-order valence-corrected chi connectivity index (χ1v) is 5.37. The quantitative estimate of drug-likeness (QED) is 0.597. The number of rotatable bonds is 3. The molecule has 5 heteroatoms. The molecule has 0 saturated heterocycles. The van der Waals surface area contributed by atoms with Gasteiger partial charge < -0.3 is 5.43 Å². The van der Waals surface area contributed by atoms with Gasteiger partial charge in [-0.1, -0.05) is 13.3 Å². The van der Waals surface area contributed by atoms with Crippen LogP contribution in [0.5, 0.6) is 0 Å². The van der Waals surface area contributed by atoms with Crippen molar-refractivity contribution >= 4 is 27.4 Å². The number of hydrogen-bond acceptors (Lipinski definition) is 5. The maximum absolute atomic E-state index is 5.36. The van der Waals surface area contributed by atoms with Crippen LogP contribution in [0.4, 0.5) is 5.82 Å². The number of hydrazine groups is 1. The standard InChI is InChI=1S/C9H12N4S/c1-2-3-6-4-7-8(13-10)11-5-12-9(7)14-6/h4-5H,2-3,10H2,1H3,(H,11,12,13). The zero-order valence-electron chi connectivity index (χ0n) is 7.95. The third-order valence-electron chi connectivity index (χ3n) is 2.01. The molecule has 0 spiro atoms. The Labute approximate surface area is 86.1 Å². The highest BCUT2D eigenvalue weighted by atomic mass is 32.1. The van der Waals surface area contributed by atoms with E-state index in [1.54, 1.807) is 11.3 Å². The Morgan fingerprint density at radius 3 is 3.07 bits per heavy atom. The van der Waals surface area contributed by atoms with Crippen LogP contribution in [0.15, 0.2) is 12.4 Å². The summed E-state index contributed by atoms with van der Waals surface area (Å²) in [5.74, 6) is 6.07. The Bertz CT molecular complexity index is 437. The smallest absolute Gasteiger partial charge is 0.152 e. The van der Waals surface area contributed by atoms with Crippen molar-refractivity contribution in [3.63, 3.8) is 0 Å². The average Bonchev–Trinajstić information content (AvgIpc) is 2.60. The molecule has 0 unspecified atom stereocenters. The summed E-state index contributed by atoms with van der Waals surface area (Å²) < 4.78 is 0. The molecule has 4 nitrogen and oxygen atoms in total. The minimum atomic E-state index is 0.702. The van der Waals surface area contributed by atoms with Crippen LogP contribution in [-0.4, -0.2) is 9.97 Å². The van der Waals surface area contributed by atoms with Gasteiger partial charge in [-0.2, -0.15) is 0 Å². The van der Waals surface area contributed by atoms with Crippen LogP contribution < -0.4 is 11.3 Å². The predicted molar refractivity (Wildman–Crippen MR) is 59.2 cm³/mol. The number of nitrogens with zero attached hydrogens (tertiary/aromatic N) is 2. The molecule has 2 rings (SSSR count). The molecule has 2 heterocycles. The Balaban J connectivity index is 2.52. The number of nitrogen functional groups attached to an aromatic ring is 1. The molecular weight excluding hydrogens is 196 g/mol. The van der Waals surface area contributed by atoms with Gasteiger partial charge in [0.25, 0.3) is 0 Å². The van der Waals surface area contributed by atoms with Crippen molar-refractivity contribution in [2.45, 2.75) is 19.8 Å². The Hall–Kier alpha value is -1.20. The first-order valence-electron chi connectivity index (χ1n) is 4.55. The second kappa shape index (κ2) is 3.89. The number of aromatic nitrogens is 2. The van der Waals surface area contributed by atoms with Crippen molar-refractivity contribution in [3.05, 3.63) is 17.3 Å². The van der Waals surface area contributed by atoms with E-state index in [1.807, 2.05) is 0 Å². The topological polar surface area (TPSA) is 63.8 Å². The third-order valence-corrected chi connectivity index (χ3v) is 3.12. The molecule has 0 aliphatic carbocycles. The maximum atomic E-state index is 5.36. The SMILES string of the molecule is CCCc1cc2c(NN)ncnc2s1. The molecule has 2 aromatic rings. The molecule has 14 heavy (non-hydrogen) atoms. The number of hydrogen-bond donors (Lipinski definition) is 2. The van der Waals surface area contributed by atoms with Gasteiger partial charge in [0.15, 0.2) is 5.82 Å². The summed E-state index contributed by atoms with van der Waals surface area (Å²) in [7, 11) is 0. The molecule has 0 fully saturated rings. The minimum Gasteiger partial charge on any atom is -0.308 e. The van der Waals surface area contributed by atoms with E-state index >= 15 is 0 Å². The maximum Gasteiger partial charge on any atom is 0.152 e. The largest absolute Gasteiger partial charge is 0.308 e. The van der Waals surface area contributed by atoms with Crippen molar-refractivity contribution in [3.8, 4) is 0 Å². The minimum absolute atomic E-state index is 0.702. The highest BCUT2D eigenvalue weighted by Crippen LogP contribution is 2.28. The molecule has 0 atom stereocenters. The third kappa shape index (κ3) is 1.56. The summed E-state index contributed by atoms with van der Waals surface area (Å²) in [5, 5.41) is 1.02. The van der Waals surface area contributed by atoms with E-state index < -0.39 is 0 Å². The summed E-state index contributed by atoms with van der Waals surface area (Å²) in [4.78, 5) is 10.6. The Morgan fingerprint density at radius 2 is 2.36 bits per heavy atom. The van der Waals surface area contributed by atoms with Crippen LogP contribution in [0.25, 0.3) is 10.2 Å². The normalized spacial score (nSPS) is 10.7. The molecule has 2 aromatic heterocycles. The first kappa shape index (κ1) is 9.36. The fourth-order valence-corrected chi connectivity index (χ4v) is 2.49. The van der Waals surface area contributed by atoms with Gasteiger partial charge in [0.2, 0.25) is 0 Å². The lowest BCUT2D eigenvalue weighted by molar-refractivity contribution is 0.940. The van der Waals surface area contributed by atoms with Crippen molar-refractivity contribution in [1.29, 1.82) is 0 Å². The van der Waals surface area contributed by atoms with Crippen LogP contribution in [0, 0.1) is 0 Å². The molecule has 0 aliphatic heterocycles. The van der Waals surface area contributed by atoms with Gasteiger partial charge >= 0.3 is 0 Å². The second-order valence-electron chi connectivity index (χ2n) is 3.05. The fourth-order valence-electron chi connectivity index (χ4n) is 1.39. The van der Waals surface area contributed by atoms with Crippen LogP contribution >= 0.6 is 11.3 Å².